The SMILES string of the molecule is O=C(CCC(F)(F)F)Cc1cccc(-c2cnc3cc(C(=O)O)ccn23)c1. The molecule has 5 nitrogen and oxygen atoms in total. The van der Waals surface area contributed by atoms with Crippen molar-refractivity contribution < 1.29 is 27.9 Å². The highest BCUT2D eigenvalue weighted by molar-refractivity contribution is 5.89. The molecule has 0 bridgehead atoms. The van der Waals surface area contributed by atoms with Crippen LogP contribution in [0.5, 0.6) is 0 Å². The molecule has 0 unspecified atom stereocenters. The summed E-state index contributed by atoms with van der Waals surface area (Å²) < 4.78 is 38.4. The number of aromatic carboxylic acids is 1. The molecule has 0 saturated carbocycles. The van der Waals surface area contributed by atoms with Crippen molar-refractivity contribution in [3.8, 4) is 11.3 Å². The van der Waals surface area contributed by atoms with Gasteiger partial charge < -0.3 is 5.11 Å². The fourth-order valence-electron chi connectivity index (χ4n) is 2.77. The second-order valence-corrected chi connectivity index (χ2v) is 6.12. The van der Waals surface area contributed by atoms with Crippen LogP contribution < -0.4 is 0 Å². The van der Waals surface area contributed by atoms with Crippen LogP contribution in [-0.4, -0.2) is 32.4 Å². The fraction of sp³-hybridized carbons (Fsp3) is 0.211. The number of carboxylic acid groups (broad SMARTS) is 1. The van der Waals surface area contributed by atoms with E-state index >= 15 is 0 Å². The van der Waals surface area contributed by atoms with E-state index in [9.17, 15) is 22.8 Å². The van der Waals surface area contributed by atoms with Crippen LogP contribution in [0.25, 0.3) is 16.9 Å². The first-order valence-corrected chi connectivity index (χ1v) is 8.11. The molecule has 3 rings (SSSR count). The lowest BCUT2D eigenvalue weighted by Gasteiger charge is -2.07. The maximum absolute atomic E-state index is 12.2. The quantitative estimate of drug-likeness (QED) is 0.701. The van der Waals surface area contributed by atoms with Gasteiger partial charge in [-0.25, -0.2) is 9.78 Å². The Morgan fingerprint density at radius 1 is 1.15 bits per heavy atom. The largest absolute Gasteiger partial charge is 0.478 e. The minimum atomic E-state index is -4.34. The number of carbonyl (C=O) groups excluding carboxylic acids is 1. The van der Waals surface area contributed by atoms with Gasteiger partial charge in [0.15, 0.2) is 0 Å². The van der Waals surface area contributed by atoms with Crippen LogP contribution in [0.3, 0.4) is 0 Å². The molecule has 27 heavy (non-hydrogen) atoms. The zero-order valence-electron chi connectivity index (χ0n) is 14.0. The van der Waals surface area contributed by atoms with Crippen molar-refractivity contribution in [2.75, 3.05) is 0 Å². The number of fused-ring (bicyclic) bond motifs is 1. The van der Waals surface area contributed by atoms with Gasteiger partial charge in [0, 0.05) is 24.6 Å². The number of hydrogen-bond acceptors (Lipinski definition) is 3. The van der Waals surface area contributed by atoms with Crippen LogP contribution in [0.2, 0.25) is 0 Å². The zero-order chi connectivity index (χ0) is 19.6. The Balaban J connectivity index is 1.82. The first-order valence-electron chi connectivity index (χ1n) is 8.11. The highest BCUT2D eigenvalue weighted by Gasteiger charge is 2.27. The maximum Gasteiger partial charge on any atom is 0.389 e. The van der Waals surface area contributed by atoms with Crippen molar-refractivity contribution in [3.05, 3.63) is 59.9 Å². The summed E-state index contributed by atoms with van der Waals surface area (Å²) in [6, 6.07) is 9.80. The molecule has 0 amide bonds. The van der Waals surface area contributed by atoms with Gasteiger partial charge in [-0.3, -0.25) is 9.20 Å². The third-order valence-electron chi connectivity index (χ3n) is 4.07. The summed E-state index contributed by atoms with van der Waals surface area (Å²) in [5.41, 5.74) is 2.59. The standard InChI is InChI=1S/C19H15F3N2O3/c20-19(21,22)6-4-15(25)9-12-2-1-3-13(8-12)16-11-23-17-10-14(18(26)27)5-7-24(16)17/h1-3,5,7-8,10-11H,4,6,9H2,(H,26,27). The van der Waals surface area contributed by atoms with Crippen LogP contribution in [0.15, 0.2) is 48.8 Å². The van der Waals surface area contributed by atoms with Gasteiger partial charge in [0.1, 0.15) is 11.4 Å². The second-order valence-electron chi connectivity index (χ2n) is 6.12. The molecule has 0 atom stereocenters. The van der Waals surface area contributed by atoms with Gasteiger partial charge >= 0.3 is 12.1 Å². The molecule has 0 fully saturated rings. The lowest BCUT2D eigenvalue weighted by molar-refractivity contribution is -0.143. The number of carboxylic acids is 1. The Labute approximate surface area is 152 Å². The average molecular weight is 376 g/mol. The minimum absolute atomic E-state index is 0.0795. The lowest BCUT2D eigenvalue weighted by Crippen LogP contribution is -2.12. The van der Waals surface area contributed by atoms with Gasteiger partial charge in [-0.2, -0.15) is 13.2 Å². The van der Waals surface area contributed by atoms with Gasteiger partial charge in [0.2, 0.25) is 0 Å². The third kappa shape index (κ3) is 4.52. The number of halogens is 3. The number of carbonyl (C=O) groups is 2. The summed E-state index contributed by atoms with van der Waals surface area (Å²) in [7, 11) is 0. The van der Waals surface area contributed by atoms with E-state index in [2.05, 4.69) is 4.98 Å². The molecule has 1 aromatic carbocycles. The number of alkyl halides is 3. The summed E-state index contributed by atoms with van der Waals surface area (Å²) in [6.07, 6.45) is -2.92. The number of aromatic nitrogens is 2. The molecule has 0 aliphatic heterocycles. The van der Waals surface area contributed by atoms with E-state index in [1.165, 1.54) is 12.1 Å². The minimum Gasteiger partial charge on any atom is -0.478 e. The summed E-state index contributed by atoms with van der Waals surface area (Å²) in [4.78, 5) is 27.0. The number of rotatable bonds is 6. The van der Waals surface area contributed by atoms with Gasteiger partial charge in [0.05, 0.1) is 23.9 Å². The van der Waals surface area contributed by atoms with Crippen molar-refractivity contribution >= 4 is 17.4 Å². The molecule has 8 heteroatoms. The molecular formula is C19H15F3N2O3. The van der Waals surface area contributed by atoms with E-state index in [-0.39, 0.29) is 12.0 Å². The van der Waals surface area contributed by atoms with Crippen LogP contribution >= 0.6 is 0 Å². The van der Waals surface area contributed by atoms with Crippen LogP contribution in [-0.2, 0) is 11.2 Å². The Morgan fingerprint density at radius 3 is 2.63 bits per heavy atom. The molecule has 140 valence electrons. The van der Waals surface area contributed by atoms with Crippen LogP contribution in [0, 0.1) is 0 Å². The van der Waals surface area contributed by atoms with Crippen molar-refractivity contribution in [3.63, 3.8) is 0 Å². The number of Topliss-reactive ketones (excluding diaryl/α,β-unsaturated/α-hetero) is 1. The van der Waals surface area contributed by atoms with E-state index in [1.807, 2.05) is 0 Å². The summed E-state index contributed by atoms with van der Waals surface area (Å²) in [6.45, 7) is 0. The van der Waals surface area contributed by atoms with Crippen molar-refractivity contribution in [1.82, 2.24) is 9.38 Å². The highest BCUT2D eigenvalue weighted by atomic mass is 19.4. The zero-order valence-corrected chi connectivity index (χ0v) is 14.0. The van der Waals surface area contributed by atoms with Gasteiger partial charge in [0.25, 0.3) is 0 Å². The monoisotopic (exact) mass is 376 g/mol. The van der Waals surface area contributed by atoms with Crippen molar-refractivity contribution in [2.45, 2.75) is 25.4 Å². The second kappa shape index (κ2) is 7.22. The molecule has 0 spiro atoms. The number of ketones is 1. The average Bonchev–Trinajstić information content (AvgIpc) is 3.03. The fourth-order valence-corrected chi connectivity index (χ4v) is 2.77. The van der Waals surface area contributed by atoms with Gasteiger partial charge in [-0.1, -0.05) is 18.2 Å². The summed E-state index contributed by atoms with van der Waals surface area (Å²) in [5, 5.41) is 9.04. The molecule has 0 saturated heterocycles. The number of nitrogens with zero attached hydrogens (tertiary/aromatic N) is 2. The van der Waals surface area contributed by atoms with E-state index in [0.717, 1.165) is 5.56 Å². The van der Waals surface area contributed by atoms with E-state index in [0.29, 0.717) is 16.9 Å². The maximum atomic E-state index is 12.2. The first kappa shape index (κ1) is 18.6. The Kier molecular flexibility index (Phi) is 4.98. The third-order valence-corrected chi connectivity index (χ3v) is 4.07. The lowest BCUT2D eigenvalue weighted by atomic mass is 10.0. The van der Waals surface area contributed by atoms with Gasteiger partial charge in [-0.05, 0) is 23.8 Å². The molecule has 0 aliphatic carbocycles. The Morgan fingerprint density at radius 2 is 1.93 bits per heavy atom. The predicted octanol–water partition coefficient (Wildman–Crippen LogP) is 4.15. The molecular weight excluding hydrogens is 361 g/mol. The normalized spacial score (nSPS) is 11.7. The molecule has 2 aromatic heterocycles. The van der Waals surface area contributed by atoms with E-state index in [4.69, 9.17) is 5.11 Å². The van der Waals surface area contributed by atoms with E-state index in [1.54, 1.807) is 41.1 Å². The smallest absolute Gasteiger partial charge is 0.389 e. The molecule has 3 aromatic rings. The summed E-state index contributed by atoms with van der Waals surface area (Å²) >= 11 is 0. The number of hydrogen-bond donors (Lipinski definition) is 1. The molecule has 0 aliphatic rings. The van der Waals surface area contributed by atoms with Crippen molar-refractivity contribution in [2.24, 2.45) is 0 Å². The number of imidazole rings is 1. The Bertz CT molecular complexity index is 1010. The van der Waals surface area contributed by atoms with E-state index < -0.39 is 30.8 Å². The first-order chi connectivity index (χ1) is 12.7. The van der Waals surface area contributed by atoms with Crippen LogP contribution in [0.1, 0.15) is 28.8 Å². The van der Waals surface area contributed by atoms with Gasteiger partial charge in [-0.15, -0.1) is 0 Å². The number of benzene rings is 1. The summed E-state index contributed by atoms with van der Waals surface area (Å²) in [5.74, 6) is -1.53. The molecule has 0 radical (unpaired) electrons. The molecule has 2 heterocycles. The highest BCUT2D eigenvalue weighted by Crippen LogP contribution is 2.24. The Hall–Kier alpha value is -3.16. The predicted molar refractivity (Wildman–Crippen MR) is 91.6 cm³/mol. The van der Waals surface area contributed by atoms with Crippen molar-refractivity contribution in [1.29, 1.82) is 0 Å². The number of pyridine rings is 1. The van der Waals surface area contributed by atoms with Crippen LogP contribution in [0.4, 0.5) is 13.2 Å². The topological polar surface area (TPSA) is 71.7 Å². The molecule has 1 N–H and O–H groups in total.